The predicted molar refractivity (Wildman–Crippen MR) is 63.6 cm³/mol. The number of nitrogens with zero attached hydrogens (tertiary/aromatic N) is 1. The molecule has 0 radical (unpaired) electrons. The van der Waals surface area contributed by atoms with Crippen molar-refractivity contribution in [3.8, 4) is 0 Å². The largest absolute Gasteiger partial charge is 0.478 e. The molecule has 0 bridgehead atoms. The second-order valence-electron chi connectivity index (χ2n) is 4.38. The van der Waals surface area contributed by atoms with Crippen molar-refractivity contribution >= 4 is 17.3 Å². The molecule has 3 rings (SSSR count). The van der Waals surface area contributed by atoms with Crippen molar-refractivity contribution in [1.29, 1.82) is 0 Å². The molecule has 1 atom stereocenters. The number of aromatic carboxylic acids is 1. The van der Waals surface area contributed by atoms with Crippen LogP contribution in [0.1, 0.15) is 16.8 Å². The molecule has 2 N–H and O–H groups in total. The fourth-order valence-corrected chi connectivity index (χ4v) is 2.19. The van der Waals surface area contributed by atoms with Crippen LogP contribution in [0.2, 0.25) is 0 Å². The SMILES string of the molecule is O=C(O)c1ccc2c(c1)NCN2C[C@@H]1CCO1. The molecule has 90 valence electrons. The molecule has 2 heterocycles. The van der Waals surface area contributed by atoms with Gasteiger partial charge in [0.25, 0.3) is 0 Å². The molecular formula is C12H14N2O3. The summed E-state index contributed by atoms with van der Waals surface area (Å²) in [6.45, 7) is 2.45. The Morgan fingerprint density at radius 3 is 3.06 bits per heavy atom. The number of carbonyl (C=O) groups is 1. The molecule has 1 saturated heterocycles. The Morgan fingerprint density at radius 2 is 2.41 bits per heavy atom. The van der Waals surface area contributed by atoms with E-state index in [1.165, 1.54) is 0 Å². The van der Waals surface area contributed by atoms with Gasteiger partial charge in [0, 0.05) is 13.2 Å². The van der Waals surface area contributed by atoms with Crippen molar-refractivity contribution in [3.05, 3.63) is 23.8 Å². The molecule has 17 heavy (non-hydrogen) atoms. The highest BCUT2D eigenvalue weighted by Crippen LogP contribution is 2.33. The van der Waals surface area contributed by atoms with Crippen LogP contribution >= 0.6 is 0 Å². The normalized spacial score (nSPS) is 21.6. The lowest BCUT2D eigenvalue weighted by atomic mass is 10.1. The smallest absolute Gasteiger partial charge is 0.335 e. The fraction of sp³-hybridized carbons (Fsp3) is 0.417. The Balaban J connectivity index is 1.79. The lowest BCUT2D eigenvalue weighted by molar-refractivity contribution is -0.0442. The number of hydrogen-bond acceptors (Lipinski definition) is 4. The van der Waals surface area contributed by atoms with Gasteiger partial charge in [-0.25, -0.2) is 4.79 Å². The van der Waals surface area contributed by atoms with E-state index in [2.05, 4.69) is 10.2 Å². The van der Waals surface area contributed by atoms with Crippen LogP contribution in [0.4, 0.5) is 11.4 Å². The maximum atomic E-state index is 10.9. The van der Waals surface area contributed by atoms with Gasteiger partial charge in [-0.15, -0.1) is 0 Å². The van der Waals surface area contributed by atoms with Gasteiger partial charge in [-0.2, -0.15) is 0 Å². The van der Waals surface area contributed by atoms with Gasteiger partial charge in [0.05, 0.1) is 29.7 Å². The van der Waals surface area contributed by atoms with Crippen LogP contribution in [0, 0.1) is 0 Å². The van der Waals surface area contributed by atoms with Crippen molar-refractivity contribution in [2.45, 2.75) is 12.5 Å². The Labute approximate surface area is 99.0 Å². The summed E-state index contributed by atoms with van der Waals surface area (Å²) in [5, 5.41) is 12.1. The van der Waals surface area contributed by atoms with Crippen molar-refractivity contribution in [1.82, 2.24) is 0 Å². The summed E-state index contributed by atoms with van der Waals surface area (Å²) in [7, 11) is 0. The number of anilines is 2. The van der Waals surface area contributed by atoms with E-state index in [-0.39, 0.29) is 0 Å². The summed E-state index contributed by atoms with van der Waals surface area (Å²) in [6, 6.07) is 5.18. The molecule has 0 spiro atoms. The van der Waals surface area contributed by atoms with Crippen LogP contribution in [-0.2, 0) is 4.74 Å². The van der Waals surface area contributed by atoms with Crippen LogP contribution in [0.15, 0.2) is 18.2 Å². The molecule has 0 aromatic heterocycles. The Hall–Kier alpha value is -1.75. The maximum absolute atomic E-state index is 10.9. The number of rotatable bonds is 3. The van der Waals surface area contributed by atoms with Crippen molar-refractivity contribution in [2.75, 3.05) is 30.0 Å². The molecular weight excluding hydrogens is 220 g/mol. The lowest BCUT2D eigenvalue weighted by Gasteiger charge is -2.31. The van der Waals surface area contributed by atoms with Gasteiger partial charge in [0.1, 0.15) is 0 Å². The number of nitrogens with one attached hydrogen (secondary N) is 1. The molecule has 0 saturated carbocycles. The molecule has 1 aromatic rings. The summed E-state index contributed by atoms with van der Waals surface area (Å²) in [6.07, 6.45) is 1.43. The van der Waals surface area contributed by atoms with E-state index in [0.29, 0.717) is 11.7 Å². The van der Waals surface area contributed by atoms with Crippen molar-refractivity contribution < 1.29 is 14.6 Å². The average Bonchev–Trinajstić information content (AvgIpc) is 2.65. The molecule has 1 aromatic carbocycles. The first-order chi connectivity index (χ1) is 8.24. The summed E-state index contributed by atoms with van der Waals surface area (Å²) in [5.41, 5.74) is 2.27. The number of carboxylic acid groups (broad SMARTS) is 1. The number of ether oxygens (including phenoxy) is 1. The van der Waals surface area contributed by atoms with Crippen LogP contribution in [-0.4, -0.2) is 37.0 Å². The van der Waals surface area contributed by atoms with Crippen LogP contribution in [0.25, 0.3) is 0 Å². The van der Waals surface area contributed by atoms with E-state index >= 15 is 0 Å². The van der Waals surface area contributed by atoms with Crippen LogP contribution in [0.3, 0.4) is 0 Å². The third-order valence-electron chi connectivity index (χ3n) is 3.26. The highest BCUT2D eigenvalue weighted by molar-refractivity contribution is 5.91. The van der Waals surface area contributed by atoms with Gasteiger partial charge < -0.3 is 20.1 Å². The summed E-state index contributed by atoms with van der Waals surface area (Å²) >= 11 is 0. The first-order valence-corrected chi connectivity index (χ1v) is 5.72. The molecule has 0 unspecified atom stereocenters. The quantitative estimate of drug-likeness (QED) is 0.827. The third-order valence-corrected chi connectivity index (χ3v) is 3.26. The third kappa shape index (κ3) is 1.82. The number of carboxylic acids is 1. The number of fused-ring (bicyclic) bond motifs is 1. The monoisotopic (exact) mass is 234 g/mol. The van der Waals surface area contributed by atoms with Gasteiger partial charge in [0.2, 0.25) is 0 Å². The lowest BCUT2D eigenvalue weighted by Crippen LogP contribution is -2.39. The summed E-state index contributed by atoms with van der Waals surface area (Å²) in [4.78, 5) is 13.0. The fourth-order valence-electron chi connectivity index (χ4n) is 2.19. The minimum absolute atomic E-state index is 0.318. The summed E-state index contributed by atoms with van der Waals surface area (Å²) in [5.74, 6) is -0.893. The van der Waals surface area contributed by atoms with E-state index in [0.717, 1.165) is 37.6 Å². The number of benzene rings is 1. The zero-order chi connectivity index (χ0) is 11.8. The summed E-state index contributed by atoms with van der Waals surface area (Å²) < 4.78 is 5.41. The van der Waals surface area contributed by atoms with E-state index in [1.807, 2.05) is 6.07 Å². The highest BCUT2D eigenvalue weighted by Gasteiger charge is 2.26. The number of hydrogen-bond donors (Lipinski definition) is 2. The zero-order valence-corrected chi connectivity index (χ0v) is 9.35. The maximum Gasteiger partial charge on any atom is 0.335 e. The van der Waals surface area contributed by atoms with E-state index in [1.54, 1.807) is 12.1 Å². The van der Waals surface area contributed by atoms with Gasteiger partial charge >= 0.3 is 5.97 Å². The minimum Gasteiger partial charge on any atom is -0.478 e. The molecule has 2 aliphatic rings. The predicted octanol–water partition coefficient (Wildman–Crippen LogP) is 1.36. The Kier molecular flexibility index (Phi) is 2.40. The van der Waals surface area contributed by atoms with Crippen LogP contribution < -0.4 is 10.2 Å². The first kappa shape index (κ1) is 10.4. The van der Waals surface area contributed by atoms with Gasteiger partial charge in [-0.3, -0.25) is 0 Å². The minimum atomic E-state index is -0.893. The first-order valence-electron chi connectivity index (χ1n) is 5.72. The second kappa shape index (κ2) is 3.92. The van der Waals surface area contributed by atoms with Gasteiger partial charge in [-0.05, 0) is 24.6 Å². The van der Waals surface area contributed by atoms with E-state index in [9.17, 15) is 4.79 Å². The molecule has 0 aliphatic carbocycles. The standard InChI is InChI=1S/C12H14N2O3/c15-12(16)8-1-2-11-10(5-8)13-7-14(11)6-9-3-4-17-9/h1-2,5,9,13H,3-4,6-7H2,(H,15,16)/t9-/m0/s1. The van der Waals surface area contributed by atoms with Crippen molar-refractivity contribution in [2.24, 2.45) is 0 Å². The molecule has 2 aliphatic heterocycles. The molecule has 5 heteroatoms. The van der Waals surface area contributed by atoms with Gasteiger partial charge in [-0.1, -0.05) is 0 Å². The van der Waals surface area contributed by atoms with E-state index < -0.39 is 5.97 Å². The van der Waals surface area contributed by atoms with E-state index in [4.69, 9.17) is 9.84 Å². The Bertz CT molecular complexity index is 457. The molecule has 1 fully saturated rings. The highest BCUT2D eigenvalue weighted by atomic mass is 16.5. The second-order valence-corrected chi connectivity index (χ2v) is 4.38. The van der Waals surface area contributed by atoms with Gasteiger partial charge in [0.15, 0.2) is 0 Å². The topological polar surface area (TPSA) is 61.8 Å². The Morgan fingerprint density at radius 1 is 1.59 bits per heavy atom. The molecule has 0 amide bonds. The average molecular weight is 234 g/mol. The van der Waals surface area contributed by atoms with Crippen LogP contribution in [0.5, 0.6) is 0 Å². The van der Waals surface area contributed by atoms with Crippen molar-refractivity contribution in [3.63, 3.8) is 0 Å². The molecule has 5 nitrogen and oxygen atoms in total. The zero-order valence-electron chi connectivity index (χ0n) is 9.35.